The second-order valence-electron chi connectivity index (χ2n) is 15.4. The van der Waals surface area contributed by atoms with Crippen LogP contribution in [0.15, 0.2) is 66.7 Å². The van der Waals surface area contributed by atoms with Crippen molar-refractivity contribution in [2.45, 2.75) is 82.1 Å². The van der Waals surface area contributed by atoms with E-state index in [0.29, 0.717) is 42.2 Å². The first kappa shape index (κ1) is 36.3. The van der Waals surface area contributed by atoms with Crippen molar-refractivity contribution >= 4 is 37.4 Å². The SMILES string of the molecule is COc1ccc2c(c1)[C@]1(O[C@@H](CC(=O)N3Cc4ccccc4C[C@H]3CO)[C@H]([Si](C)(C)O)[C@H]1C)C(=O)N2Cc1cccc(NC(=O)C2CCCNC2)c1. The van der Waals surface area contributed by atoms with Crippen molar-refractivity contribution < 1.29 is 33.8 Å². The molecule has 0 aliphatic carbocycles. The van der Waals surface area contributed by atoms with E-state index in [2.05, 4.69) is 10.6 Å². The van der Waals surface area contributed by atoms with Gasteiger partial charge < -0.3 is 39.8 Å². The van der Waals surface area contributed by atoms with Crippen molar-refractivity contribution in [1.82, 2.24) is 10.2 Å². The Bertz CT molecular complexity index is 1840. The molecule has 4 heterocycles. The van der Waals surface area contributed by atoms with E-state index in [9.17, 15) is 19.5 Å². The summed E-state index contributed by atoms with van der Waals surface area (Å²) in [4.78, 5) is 57.4. The molecule has 4 aliphatic rings. The maximum absolute atomic E-state index is 15.0. The summed E-state index contributed by atoms with van der Waals surface area (Å²) in [7, 11) is -1.46. The van der Waals surface area contributed by atoms with Crippen LogP contribution in [0.3, 0.4) is 0 Å². The molecule has 0 bridgehead atoms. The van der Waals surface area contributed by atoms with Crippen molar-refractivity contribution in [3.63, 3.8) is 0 Å². The van der Waals surface area contributed by atoms with E-state index in [4.69, 9.17) is 9.47 Å². The van der Waals surface area contributed by atoms with Crippen molar-refractivity contribution in [2.75, 3.05) is 37.0 Å². The van der Waals surface area contributed by atoms with Crippen LogP contribution in [0.2, 0.25) is 18.6 Å². The van der Waals surface area contributed by atoms with E-state index in [1.807, 2.05) is 86.7 Å². The fourth-order valence-electron chi connectivity index (χ4n) is 9.12. The molecule has 3 aromatic rings. The van der Waals surface area contributed by atoms with E-state index in [-0.39, 0.29) is 49.3 Å². The number of nitrogens with one attached hydrogen (secondary N) is 2. The molecule has 2 fully saturated rings. The molecule has 3 amide bonds. The number of aliphatic hydroxyl groups excluding tert-OH is 1. The van der Waals surface area contributed by atoms with Crippen LogP contribution in [-0.4, -0.2) is 79.8 Å². The fourth-order valence-corrected chi connectivity index (χ4v) is 11.7. The lowest BCUT2D eigenvalue weighted by Gasteiger charge is -2.37. The molecule has 276 valence electrons. The Kier molecular flexibility index (Phi) is 10.0. The monoisotopic (exact) mass is 726 g/mol. The predicted octanol–water partition coefficient (Wildman–Crippen LogP) is 4.31. The molecule has 4 N–H and O–H groups in total. The molecule has 11 nitrogen and oxygen atoms in total. The van der Waals surface area contributed by atoms with Gasteiger partial charge in [-0.2, -0.15) is 0 Å². The van der Waals surface area contributed by atoms with E-state index in [1.54, 1.807) is 16.9 Å². The molecular weight excluding hydrogens is 677 g/mol. The summed E-state index contributed by atoms with van der Waals surface area (Å²) < 4.78 is 12.6. The van der Waals surface area contributed by atoms with Crippen LogP contribution in [0.25, 0.3) is 0 Å². The van der Waals surface area contributed by atoms with Gasteiger partial charge in [0, 0.05) is 35.8 Å². The molecule has 0 radical (unpaired) electrons. The zero-order chi connectivity index (χ0) is 36.8. The number of methoxy groups -OCH3 is 1. The van der Waals surface area contributed by atoms with E-state index >= 15 is 4.79 Å². The van der Waals surface area contributed by atoms with Gasteiger partial charge in [-0.15, -0.1) is 0 Å². The molecule has 0 saturated carbocycles. The Balaban J connectivity index is 1.19. The number of piperidine rings is 1. The van der Waals surface area contributed by atoms with Gasteiger partial charge in [-0.3, -0.25) is 14.4 Å². The summed E-state index contributed by atoms with van der Waals surface area (Å²) in [6.07, 6.45) is 1.59. The van der Waals surface area contributed by atoms with Gasteiger partial charge in [0.05, 0.1) is 50.4 Å². The van der Waals surface area contributed by atoms with Crippen molar-refractivity contribution in [2.24, 2.45) is 11.8 Å². The number of rotatable bonds is 9. The predicted molar refractivity (Wildman–Crippen MR) is 200 cm³/mol. The molecule has 1 spiro atoms. The number of carbonyl (C=O) groups is 3. The molecule has 6 atom stereocenters. The van der Waals surface area contributed by atoms with E-state index in [0.717, 1.165) is 36.1 Å². The Morgan fingerprint density at radius 1 is 1.10 bits per heavy atom. The number of carbonyl (C=O) groups excluding carboxylic acids is 3. The summed E-state index contributed by atoms with van der Waals surface area (Å²) in [6, 6.07) is 20.7. The summed E-state index contributed by atoms with van der Waals surface area (Å²) in [5, 5.41) is 16.7. The number of fused-ring (bicyclic) bond motifs is 3. The Morgan fingerprint density at radius 2 is 1.88 bits per heavy atom. The standard InChI is InChI=1S/C40H50N4O7Si/c1-25-37(52(3,4)49)35(20-36(46)43-23-29-11-6-5-10-27(29)18-31(43)24-45)51-40(25)33-19-32(50-2)14-15-34(33)44(39(40)48)22-26-9-7-13-30(17-26)42-38(47)28-12-8-16-41-21-28/h5-7,9-11,13-15,17,19,25,28,31,35,37,41,45,49H,8,12,16,18,20-24H2,1-4H3,(H,42,47)/t25-,28?,31+,35+,37-,40+/m1/s1. The molecule has 2 saturated heterocycles. The highest BCUT2D eigenvalue weighted by Crippen LogP contribution is 2.60. The van der Waals surface area contributed by atoms with Gasteiger partial charge in [-0.25, -0.2) is 0 Å². The molecule has 3 aromatic carbocycles. The summed E-state index contributed by atoms with van der Waals surface area (Å²) in [6.45, 7) is 7.65. The van der Waals surface area contributed by atoms with Crippen LogP contribution < -0.4 is 20.3 Å². The molecule has 4 aliphatic heterocycles. The van der Waals surface area contributed by atoms with Gasteiger partial charge in [0.2, 0.25) is 11.8 Å². The van der Waals surface area contributed by atoms with Gasteiger partial charge in [-0.1, -0.05) is 43.3 Å². The number of hydrogen-bond acceptors (Lipinski definition) is 8. The Labute approximate surface area is 306 Å². The van der Waals surface area contributed by atoms with Crippen molar-refractivity contribution in [3.8, 4) is 5.75 Å². The maximum Gasteiger partial charge on any atom is 0.264 e. The smallest absolute Gasteiger partial charge is 0.264 e. The minimum Gasteiger partial charge on any atom is -0.497 e. The van der Waals surface area contributed by atoms with Gasteiger partial charge in [0.25, 0.3) is 5.91 Å². The van der Waals surface area contributed by atoms with Gasteiger partial charge in [0.15, 0.2) is 13.9 Å². The van der Waals surface area contributed by atoms with Gasteiger partial charge in [0.1, 0.15) is 5.75 Å². The first-order chi connectivity index (χ1) is 24.9. The maximum atomic E-state index is 15.0. The largest absolute Gasteiger partial charge is 0.497 e. The second-order valence-corrected chi connectivity index (χ2v) is 19.4. The number of anilines is 2. The number of hydrogen-bond donors (Lipinski definition) is 4. The topological polar surface area (TPSA) is 141 Å². The number of nitrogens with zero attached hydrogens (tertiary/aromatic N) is 2. The van der Waals surface area contributed by atoms with Crippen LogP contribution in [0, 0.1) is 11.8 Å². The first-order valence-corrected chi connectivity index (χ1v) is 21.4. The third-order valence-electron chi connectivity index (χ3n) is 11.7. The van der Waals surface area contributed by atoms with E-state index in [1.165, 1.54) is 0 Å². The Morgan fingerprint density at radius 3 is 2.60 bits per heavy atom. The van der Waals surface area contributed by atoms with Gasteiger partial charge in [-0.05, 0) is 85.9 Å². The zero-order valence-corrected chi connectivity index (χ0v) is 31.4. The highest BCUT2D eigenvalue weighted by Gasteiger charge is 2.66. The summed E-state index contributed by atoms with van der Waals surface area (Å²) >= 11 is 0. The van der Waals surface area contributed by atoms with E-state index < -0.39 is 31.5 Å². The van der Waals surface area contributed by atoms with Crippen molar-refractivity contribution in [1.29, 1.82) is 0 Å². The lowest BCUT2D eigenvalue weighted by atomic mass is 9.82. The van der Waals surface area contributed by atoms with Crippen LogP contribution in [-0.2, 0) is 44.2 Å². The number of ether oxygens (including phenoxy) is 2. The average Bonchev–Trinajstić information content (AvgIpc) is 3.56. The minimum absolute atomic E-state index is 0.0207. The van der Waals surface area contributed by atoms with Crippen LogP contribution in [0.5, 0.6) is 5.75 Å². The third kappa shape index (κ3) is 6.55. The molecule has 0 aromatic heterocycles. The summed E-state index contributed by atoms with van der Waals surface area (Å²) in [5.41, 5.74) is 3.08. The quantitative estimate of drug-likeness (QED) is 0.239. The highest BCUT2D eigenvalue weighted by atomic mass is 28.4. The lowest BCUT2D eigenvalue weighted by molar-refractivity contribution is -0.151. The lowest BCUT2D eigenvalue weighted by Crippen LogP contribution is -2.48. The third-order valence-corrected chi connectivity index (χ3v) is 14.2. The van der Waals surface area contributed by atoms with Crippen LogP contribution >= 0.6 is 0 Å². The first-order valence-electron chi connectivity index (χ1n) is 18.4. The minimum atomic E-state index is -3.04. The second kappa shape index (κ2) is 14.4. The molecular formula is C40H50N4O7Si. The number of amides is 3. The molecule has 52 heavy (non-hydrogen) atoms. The number of benzene rings is 3. The van der Waals surface area contributed by atoms with Gasteiger partial charge >= 0.3 is 0 Å². The average molecular weight is 727 g/mol. The highest BCUT2D eigenvalue weighted by molar-refractivity contribution is 6.71. The van der Waals surface area contributed by atoms with Crippen LogP contribution in [0.1, 0.15) is 48.4 Å². The number of aliphatic hydroxyl groups is 1. The Hall–Kier alpha value is -4.07. The van der Waals surface area contributed by atoms with Crippen molar-refractivity contribution in [3.05, 3.63) is 89.0 Å². The molecule has 7 rings (SSSR count). The molecule has 12 heteroatoms. The van der Waals surface area contributed by atoms with Crippen LogP contribution in [0.4, 0.5) is 11.4 Å². The fraction of sp³-hybridized carbons (Fsp3) is 0.475. The summed E-state index contributed by atoms with van der Waals surface area (Å²) in [5.74, 6) is -0.447. The zero-order valence-electron chi connectivity index (χ0n) is 30.4. The molecule has 1 unspecified atom stereocenters. The normalized spacial score (nSPS) is 27.0.